The van der Waals surface area contributed by atoms with Gasteiger partial charge in [-0.3, -0.25) is 0 Å². The first-order valence-corrected chi connectivity index (χ1v) is 9.69. The van der Waals surface area contributed by atoms with Gasteiger partial charge in [0.2, 0.25) is 0 Å². The lowest BCUT2D eigenvalue weighted by molar-refractivity contribution is 0.179. The molecule has 2 aromatic carbocycles. The molecule has 0 bridgehead atoms. The number of aromatic amines is 1. The summed E-state index contributed by atoms with van der Waals surface area (Å²) < 4.78 is 0. The van der Waals surface area contributed by atoms with E-state index in [0.29, 0.717) is 18.1 Å². The second kappa shape index (κ2) is 7.89. The zero-order valence-corrected chi connectivity index (χ0v) is 16.4. The number of aryl methyl sites for hydroxylation is 1. The summed E-state index contributed by atoms with van der Waals surface area (Å²) in [5.41, 5.74) is 11.7. The van der Waals surface area contributed by atoms with Gasteiger partial charge in [-0.05, 0) is 48.4 Å². The Morgan fingerprint density at radius 3 is 2.86 bits per heavy atom. The number of nitrogens with one attached hydrogen (secondary N) is 2. The molecular formula is C22H23ClN4O. The van der Waals surface area contributed by atoms with Crippen LogP contribution >= 0.6 is 11.6 Å². The summed E-state index contributed by atoms with van der Waals surface area (Å²) in [5.74, 6) is 0. The molecule has 2 heterocycles. The van der Waals surface area contributed by atoms with Gasteiger partial charge in [0, 0.05) is 52.7 Å². The zero-order chi connectivity index (χ0) is 19.7. The molecule has 4 rings (SSSR count). The summed E-state index contributed by atoms with van der Waals surface area (Å²) in [5, 5.41) is 15.9. The quantitative estimate of drug-likeness (QED) is 0.401. The van der Waals surface area contributed by atoms with Gasteiger partial charge < -0.3 is 21.1 Å². The Balaban J connectivity index is 1.80. The molecule has 0 aliphatic rings. The maximum atomic E-state index is 9.72. The molecule has 0 amide bonds. The van der Waals surface area contributed by atoms with Crippen molar-refractivity contribution in [3.8, 4) is 11.3 Å². The number of halogens is 1. The van der Waals surface area contributed by atoms with Gasteiger partial charge in [0.25, 0.3) is 0 Å². The highest BCUT2D eigenvalue weighted by atomic mass is 35.5. The minimum atomic E-state index is -0.550. The van der Waals surface area contributed by atoms with Gasteiger partial charge in [-0.1, -0.05) is 23.7 Å². The van der Waals surface area contributed by atoms with E-state index in [0.717, 1.165) is 44.2 Å². The SMILES string of the molecule is Cc1ccc2c(CNCC(O)CN)cc(-c3c[nH]c4ccc(Cl)cc34)nc2c1. The van der Waals surface area contributed by atoms with Crippen LogP contribution in [0.25, 0.3) is 33.1 Å². The topological polar surface area (TPSA) is 87.0 Å². The lowest BCUT2D eigenvalue weighted by Gasteiger charge is -2.13. The van der Waals surface area contributed by atoms with E-state index in [4.69, 9.17) is 22.3 Å². The third kappa shape index (κ3) is 3.75. The normalized spacial score (nSPS) is 12.7. The van der Waals surface area contributed by atoms with Crippen molar-refractivity contribution < 1.29 is 5.11 Å². The molecule has 144 valence electrons. The first kappa shape index (κ1) is 18.9. The van der Waals surface area contributed by atoms with Crippen LogP contribution in [0, 0.1) is 6.92 Å². The maximum absolute atomic E-state index is 9.72. The van der Waals surface area contributed by atoms with Crippen LogP contribution in [0.1, 0.15) is 11.1 Å². The number of hydrogen-bond donors (Lipinski definition) is 4. The number of fused-ring (bicyclic) bond motifs is 2. The van der Waals surface area contributed by atoms with Crippen molar-refractivity contribution in [3.63, 3.8) is 0 Å². The van der Waals surface area contributed by atoms with E-state index in [1.54, 1.807) is 0 Å². The van der Waals surface area contributed by atoms with E-state index in [-0.39, 0.29) is 6.54 Å². The van der Waals surface area contributed by atoms with Crippen molar-refractivity contribution in [3.05, 3.63) is 64.8 Å². The Morgan fingerprint density at radius 2 is 2.04 bits per heavy atom. The molecule has 0 saturated carbocycles. The number of aromatic nitrogens is 2. The van der Waals surface area contributed by atoms with Gasteiger partial charge in [0.05, 0.1) is 17.3 Å². The summed E-state index contributed by atoms with van der Waals surface area (Å²) in [6.07, 6.45) is 1.42. The summed E-state index contributed by atoms with van der Waals surface area (Å²) in [7, 11) is 0. The van der Waals surface area contributed by atoms with Crippen molar-refractivity contribution >= 4 is 33.4 Å². The fourth-order valence-corrected chi connectivity index (χ4v) is 3.63. The largest absolute Gasteiger partial charge is 0.390 e. The Kier molecular flexibility index (Phi) is 5.33. The minimum Gasteiger partial charge on any atom is -0.390 e. The van der Waals surface area contributed by atoms with Crippen LogP contribution < -0.4 is 11.1 Å². The van der Waals surface area contributed by atoms with E-state index < -0.39 is 6.10 Å². The van der Waals surface area contributed by atoms with Crippen LogP contribution in [0.15, 0.2) is 48.7 Å². The number of H-pyrrole nitrogens is 1. The van der Waals surface area contributed by atoms with Crippen molar-refractivity contribution in [2.24, 2.45) is 5.73 Å². The number of pyridine rings is 1. The number of aliphatic hydroxyl groups is 1. The fraction of sp³-hybridized carbons (Fsp3) is 0.227. The Morgan fingerprint density at radius 1 is 1.18 bits per heavy atom. The molecule has 2 aromatic heterocycles. The van der Waals surface area contributed by atoms with Crippen molar-refractivity contribution in [1.29, 1.82) is 0 Å². The average Bonchev–Trinajstić information content (AvgIpc) is 3.10. The van der Waals surface area contributed by atoms with E-state index in [1.807, 2.05) is 24.4 Å². The number of rotatable bonds is 6. The second-order valence-corrected chi connectivity index (χ2v) is 7.54. The maximum Gasteiger partial charge on any atom is 0.0786 e. The molecule has 0 fully saturated rings. The molecule has 0 radical (unpaired) electrons. The molecule has 5 nitrogen and oxygen atoms in total. The summed E-state index contributed by atoms with van der Waals surface area (Å²) in [6.45, 7) is 3.37. The Hall–Kier alpha value is -2.44. The third-order valence-electron chi connectivity index (χ3n) is 4.94. The van der Waals surface area contributed by atoms with Crippen molar-refractivity contribution in [2.45, 2.75) is 19.6 Å². The van der Waals surface area contributed by atoms with E-state index >= 15 is 0 Å². The molecule has 1 atom stereocenters. The van der Waals surface area contributed by atoms with E-state index in [2.05, 4.69) is 41.5 Å². The Labute approximate surface area is 168 Å². The van der Waals surface area contributed by atoms with Crippen molar-refractivity contribution in [1.82, 2.24) is 15.3 Å². The zero-order valence-electron chi connectivity index (χ0n) is 15.7. The predicted octanol–water partition coefficient (Wildman–Crippen LogP) is 3.75. The fourth-order valence-electron chi connectivity index (χ4n) is 3.46. The minimum absolute atomic E-state index is 0.241. The van der Waals surface area contributed by atoms with Gasteiger partial charge in [-0.15, -0.1) is 0 Å². The van der Waals surface area contributed by atoms with Crippen LogP contribution in [0.4, 0.5) is 0 Å². The first-order valence-electron chi connectivity index (χ1n) is 9.31. The highest BCUT2D eigenvalue weighted by Gasteiger charge is 2.12. The second-order valence-electron chi connectivity index (χ2n) is 7.10. The van der Waals surface area contributed by atoms with E-state index in [9.17, 15) is 5.11 Å². The van der Waals surface area contributed by atoms with Crippen LogP contribution in [0.2, 0.25) is 5.02 Å². The molecule has 6 heteroatoms. The first-order chi connectivity index (χ1) is 13.5. The molecule has 4 aromatic rings. The van der Waals surface area contributed by atoms with Gasteiger partial charge >= 0.3 is 0 Å². The number of hydrogen-bond acceptors (Lipinski definition) is 4. The highest BCUT2D eigenvalue weighted by molar-refractivity contribution is 6.31. The molecule has 0 aliphatic carbocycles. The lowest BCUT2D eigenvalue weighted by Crippen LogP contribution is -2.32. The lowest BCUT2D eigenvalue weighted by atomic mass is 10.0. The van der Waals surface area contributed by atoms with Crippen LogP contribution in [-0.4, -0.2) is 34.3 Å². The monoisotopic (exact) mass is 394 g/mol. The van der Waals surface area contributed by atoms with Crippen molar-refractivity contribution in [2.75, 3.05) is 13.1 Å². The Bertz CT molecular complexity index is 1140. The van der Waals surface area contributed by atoms with Crippen LogP contribution in [0.3, 0.4) is 0 Å². The molecular weight excluding hydrogens is 372 g/mol. The van der Waals surface area contributed by atoms with Gasteiger partial charge in [-0.25, -0.2) is 4.98 Å². The molecule has 28 heavy (non-hydrogen) atoms. The molecule has 0 aliphatic heterocycles. The average molecular weight is 395 g/mol. The smallest absolute Gasteiger partial charge is 0.0786 e. The molecule has 5 N–H and O–H groups in total. The standard InChI is InChI=1S/C22H23ClN4O/c1-13-2-4-17-14(10-25-11-16(28)9-24)7-22(27-21(17)6-13)19-12-26-20-5-3-15(23)8-18(19)20/h2-8,12,16,25-26,28H,9-11,24H2,1H3. The number of benzene rings is 2. The highest BCUT2D eigenvalue weighted by Crippen LogP contribution is 2.32. The number of aliphatic hydroxyl groups excluding tert-OH is 1. The summed E-state index contributed by atoms with van der Waals surface area (Å²) >= 11 is 6.22. The van der Waals surface area contributed by atoms with Crippen LogP contribution in [-0.2, 0) is 6.54 Å². The molecule has 1 unspecified atom stereocenters. The van der Waals surface area contributed by atoms with Crippen LogP contribution in [0.5, 0.6) is 0 Å². The van der Waals surface area contributed by atoms with E-state index in [1.165, 1.54) is 0 Å². The predicted molar refractivity (Wildman–Crippen MR) is 116 cm³/mol. The summed E-state index contributed by atoms with van der Waals surface area (Å²) in [6, 6.07) is 14.2. The number of nitrogens with two attached hydrogens (primary N) is 1. The molecule has 0 spiro atoms. The third-order valence-corrected chi connectivity index (χ3v) is 5.17. The number of nitrogens with zero attached hydrogens (tertiary/aromatic N) is 1. The molecule has 0 saturated heterocycles. The van der Waals surface area contributed by atoms with Gasteiger partial charge in [0.15, 0.2) is 0 Å². The summed E-state index contributed by atoms with van der Waals surface area (Å²) in [4.78, 5) is 8.22. The van der Waals surface area contributed by atoms with Gasteiger partial charge in [-0.2, -0.15) is 0 Å². The van der Waals surface area contributed by atoms with Gasteiger partial charge in [0.1, 0.15) is 0 Å².